The summed E-state index contributed by atoms with van der Waals surface area (Å²) in [4.78, 5) is 30.5. The van der Waals surface area contributed by atoms with Crippen molar-refractivity contribution in [3.63, 3.8) is 0 Å². The van der Waals surface area contributed by atoms with Crippen LogP contribution < -0.4 is 5.73 Å². The first-order valence-corrected chi connectivity index (χ1v) is 10.5. The summed E-state index contributed by atoms with van der Waals surface area (Å²) < 4.78 is 27.5. The van der Waals surface area contributed by atoms with E-state index < -0.39 is 17.5 Å². The van der Waals surface area contributed by atoms with E-state index >= 15 is 0 Å². The summed E-state index contributed by atoms with van der Waals surface area (Å²) in [5, 5.41) is 0. The molecular formula is C25H23F2N3O2. The molecule has 2 heterocycles. The van der Waals surface area contributed by atoms with Crippen LogP contribution in [0.15, 0.2) is 54.7 Å². The normalized spacial score (nSPS) is 13.0. The molecule has 3 aromatic rings. The van der Waals surface area contributed by atoms with Gasteiger partial charge in [-0.15, -0.1) is 0 Å². The van der Waals surface area contributed by atoms with Gasteiger partial charge in [-0.05, 0) is 72.4 Å². The standard InChI is InChI=1S/C25H23F2N3O2/c26-20-7-8-23(27)18(13-20)6-5-17-14-21(29-15-22(17)24(28)31)12-16-3-1-4-19(11-16)25(32)30-9-2-10-30/h1,3-4,7-8,11,13-15H,2,5-6,9-10,12H2,(H2,28,31). The molecule has 1 aliphatic heterocycles. The number of benzene rings is 2. The monoisotopic (exact) mass is 435 g/mol. The van der Waals surface area contributed by atoms with Gasteiger partial charge in [-0.1, -0.05) is 12.1 Å². The van der Waals surface area contributed by atoms with Crippen LogP contribution >= 0.6 is 0 Å². The number of hydrogen-bond donors (Lipinski definition) is 1. The van der Waals surface area contributed by atoms with E-state index in [9.17, 15) is 18.4 Å². The minimum Gasteiger partial charge on any atom is -0.366 e. The minimum atomic E-state index is -0.624. The van der Waals surface area contributed by atoms with Crippen molar-refractivity contribution in [2.24, 2.45) is 5.73 Å². The van der Waals surface area contributed by atoms with Crippen LogP contribution in [-0.4, -0.2) is 34.8 Å². The zero-order chi connectivity index (χ0) is 22.7. The fourth-order valence-electron chi connectivity index (χ4n) is 3.80. The smallest absolute Gasteiger partial charge is 0.253 e. The highest BCUT2D eigenvalue weighted by Gasteiger charge is 2.21. The molecule has 0 spiro atoms. The molecule has 164 valence electrons. The van der Waals surface area contributed by atoms with Crippen molar-refractivity contribution in [2.75, 3.05) is 13.1 Å². The van der Waals surface area contributed by atoms with Crippen LogP contribution in [-0.2, 0) is 19.3 Å². The first-order valence-electron chi connectivity index (χ1n) is 10.5. The van der Waals surface area contributed by atoms with Gasteiger partial charge in [-0.25, -0.2) is 8.78 Å². The number of pyridine rings is 1. The van der Waals surface area contributed by atoms with Crippen LogP contribution in [0.4, 0.5) is 8.78 Å². The van der Waals surface area contributed by atoms with Crippen molar-refractivity contribution in [3.05, 3.63) is 99.9 Å². The number of carbonyl (C=O) groups is 2. The Morgan fingerprint density at radius 2 is 1.78 bits per heavy atom. The molecule has 1 aromatic heterocycles. The molecule has 1 fully saturated rings. The number of rotatable bonds is 7. The molecule has 0 radical (unpaired) electrons. The highest BCUT2D eigenvalue weighted by Crippen LogP contribution is 2.19. The number of hydrogen-bond acceptors (Lipinski definition) is 3. The van der Waals surface area contributed by atoms with Gasteiger partial charge >= 0.3 is 0 Å². The number of halogens is 2. The Morgan fingerprint density at radius 3 is 2.50 bits per heavy atom. The lowest BCUT2D eigenvalue weighted by molar-refractivity contribution is 0.0651. The lowest BCUT2D eigenvalue weighted by Gasteiger charge is -2.31. The molecule has 5 nitrogen and oxygen atoms in total. The summed E-state index contributed by atoms with van der Waals surface area (Å²) in [6.07, 6.45) is 3.43. The zero-order valence-electron chi connectivity index (χ0n) is 17.5. The lowest BCUT2D eigenvalue weighted by atomic mass is 9.98. The van der Waals surface area contributed by atoms with Gasteiger partial charge < -0.3 is 10.6 Å². The van der Waals surface area contributed by atoms with E-state index in [1.165, 1.54) is 6.20 Å². The van der Waals surface area contributed by atoms with Gasteiger partial charge in [0.1, 0.15) is 11.6 Å². The topological polar surface area (TPSA) is 76.3 Å². The van der Waals surface area contributed by atoms with Crippen LogP contribution in [0.25, 0.3) is 0 Å². The average Bonchev–Trinajstić information content (AvgIpc) is 2.73. The summed E-state index contributed by atoms with van der Waals surface area (Å²) in [6, 6.07) is 12.5. The quantitative estimate of drug-likeness (QED) is 0.615. The molecule has 0 unspecified atom stereocenters. The first kappa shape index (κ1) is 21.6. The summed E-state index contributed by atoms with van der Waals surface area (Å²) >= 11 is 0. The van der Waals surface area contributed by atoms with Crippen LogP contribution in [0.2, 0.25) is 0 Å². The van der Waals surface area contributed by atoms with Crippen molar-refractivity contribution in [1.82, 2.24) is 9.88 Å². The number of amides is 2. The molecule has 7 heteroatoms. The summed E-state index contributed by atoms with van der Waals surface area (Å²) in [5.41, 5.74) is 8.84. The fourth-order valence-corrected chi connectivity index (χ4v) is 3.80. The Labute approximate surface area is 184 Å². The van der Waals surface area contributed by atoms with Gasteiger partial charge in [0.05, 0.1) is 5.56 Å². The first-order chi connectivity index (χ1) is 15.4. The van der Waals surface area contributed by atoms with Crippen molar-refractivity contribution in [3.8, 4) is 0 Å². The Hall–Kier alpha value is -3.61. The van der Waals surface area contributed by atoms with Crippen LogP contribution in [0.5, 0.6) is 0 Å². The average molecular weight is 435 g/mol. The van der Waals surface area contributed by atoms with E-state index in [4.69, 9.17) is 5.73 Å². The van der Waals surface area contributed by atoms with E-state index in [1.54, 1.807) is 12.1 Å². The third-order valence-electron chi connectivity index (χ3n) is 5.69. The SMILES string of the molecule is NC(=O)c1cnc(Cc2cccc(C(=O)N3CCC3)c2)cc1CCc1cc(F)ccc1F. The van der Waals surface area contributed by atoms with E-state index in [2.05, 4.69) is 4.98 Å². The fraction of sp³-hybridized carbons (Fsp3) is 0.240. The Morgan fingerprint density at radius 1 is 1.00 bits per heavy atom. The predicted molar refractivity (Wildman–Crippen MR) is 116 cm³/mol. The minimum absolute atomic E-state index is 0.0212. The Kier molecular flexibility index (Phi) is 6.25. The van der Waals surface area contributed by atoms with Crippen molar-refractivity contribution in [1.29, 1.82) is 0 Å². The van der Waals surface area contributed by atoms with E-state index in [0.717, 1.165) is 43.3 Å². The van der Waals surface area contributed by atoms with E-state index in [1.807, 2.05) is 23.1 Å². The second kappa shape index (κ2) is 9.26. The predicted octanol–water partition coefficient (Wildman–Crippen LogP) is 3.68. The van der Waals surface area contributed by atoms with Gasteiger partial charge in [-0.2, -0.15) is 0 Å². The highest BCUT2D eigenvalue weighted by molar-refractivity contribution is 5.95. The van der Waals surface area contributed by atoms with Crippen molar-refractivity contribution < 1.29 is 18.4 Å². The number of aryl methyl sites for hydroxylation is 2. The number of primary amides is 1. The summed E-state index contributed by atoms with van der Waals surface area (Å²) in [7, 11) is 0. The second-order valence-corrected chi connectivity index (χ2v) is 7.96. The molecule has 2 amide bonds. The molecule has 2 aromatic carbocycles. The summed E-state index contributed by atoms with van der Waals surface area (Å²) in [6.45, 7) is 1.57. The molecule has 2 N–H and O–H groups in total. The number of aromatic nitrogens is 1. The number of likely N-dealkylation sites (tertiary alicyclic amines) is 1. The van der Waals surface area contributed by atoms with Crippen LogP contribution in [0.3, 0.4) is 0 Å². The van der Waals surface area contributed by atoms with Gasteiger partial charge in [0.2, 0.25) is 0 Å². The third-order valence-corrected chi connectivity index (χ3v) is 5.69. The van der Waals surface area contributed by atoms with Crippen molar-refractivity contribution in [2.45, 2.75) is 25.7 Å². The molecular weight excluding hydrogens is 412 g/mol. The Balaban J connectivity index is 1.54. The lowest BCUT2D eigenvalue weighted by Crippen LogP contribution is -2.42. The maximum absolute atomic E-state index is 14.0. The van der Waals surface area contributed by atoms with E-state index in [0.29, 0.717) is 29.7 Å². The molecule has 1 saturated heterocycles. The highest BCUT2D eigenvalue weighted by atomic mass is 19.1. The number of nitrogens with two attached hydrogens (primary N) is 1. The van der Waals surface area contributed by atoms with E-state index in [-0.39, 0.29) is 23.5 Å². The maximum Gasteiger partial charge on any atom is 0.253 e. The largest absolute Gasteiger partial charge is 0.366 e. The van der Waals surface area contributed by atoms with Crippen molar-refractivity contribution >= 4 is 11.8 Å². The maximum atomic E-state index is 14.0. The molecule has 0 saturated carbocycles. The second-order valence-electron chi connectivity index (χ2n) is 7.96. The van der Waals surface area contributed by atoms with Gasteiger partial charge in [0.25, 0.3) is 11.8 Å². The van der Waals surface area contributed by atoms with Gasteiger partial charge in [-0.3, -0.25) is 14.6 Å². The zero-order valence-corrected chi connectivity index (χ0v) is 17.5. The molecule has 0 aliphatic carbocycles. The third kappa shape index (κ3) is 4.82. The van der Waals surface area contributed by atoms with Crippen LogP contribution in [0.1, 0.15) is 49.5 Å². The molecule has 0 atom stereocenters. The molecule has 4 rings (SSSR count). The molecule has 0 bridgehead atoms. The Bertz CT molecular complexity index is 1180. The van der Waals surface area contributed by atoms with Gasteiger partial charge in [0, 0.05) is 37.0 Å². The van der Waals surface area contributed by atoms with Gasteiger partial charge in [0.15, 0.2) is 0 Å². The molecule has 1 aliphatic rings. The number of carbonyl (C=O) groups excluding carboxylic acids is 2. The summed E-state index contributed by atoms with van der Waals surface area (Å²) in [5.74, 6) is -1.61. The molecule has 32 heavy (non-hydrogen) atoms. The van der Waals surface area contributed by atoms with Crippen LogP contribution in [0, 0.1) is 11.6 Å². The number of nitrogens with zero attached hydrogens (tertiary/aromatic N) is 2.